The normalized spacial score (nSPS) is 13.7. The molecule has 0 spiro atoms. The first-order valence-corrected chi connectivity index (χ1v) is 5.84. The quantitative estimate of drug-likeness (QED) is 0.620. The zero-order valence-electron chi connectivity index (χ0n) is 11.3. The second kappa shape index (κ2) is 5.16. The summed E-state index contributed by atoms with van der Waals surface area (Å²) in [7, 11) is 2.22. The highest BCUT2D eigenvalue weighted by Crippen LogP contribution is 2.22. The molecule has 0 aliphatic rings. The molecular formula is C13H29N. The van der Waals surface area contributed by atoms with Crippen LogP contribution in [0.3, 0.4) is 0 Å². The van der Waals surface area contributed by atoms with E-state index >= 15 is 0 Å². The lowest BCUT2D eigenvalue weighted by Gasteiger charge is -2.32. The van der Waals surface area contributed by atoms with Crippen LogP contribution in [-0.2, 0) is 0 Å². The molecule has 0 amide bonds. The summed E-state index contributed by atoms with van der Waals surface area (Å²) in [5.41, 5.74) is 0.821. The van der Waals surface area contributed by atoms with Gasteiger partial charge in [-0.3, -0.25) is 0 Å². The first-order chi connectivity index (χ1) is 6.13. The highest BCUT2D eigenvalue weighted by molar-refractivity contribution is 4.72. The Morgan fingerprint density at radius 1 is 0.857 bits per heavy atom. The molecular weight excluding hydrogens is 170 g/mol. The van der Waals surface area contributed by atoms with Crippen LogP contribution in [0.1, 0.15) is 60.8 Å². The van der Waals surface area contributed by atoms with Gasteiger partial charge in [0, 0.05) is 5.54 Å². The Hall–Kier alpha value is -0.0400. The molecule has 0 rings (SSSR count). The van der Waals surface area contributed by atoms with Gasteiger partial charge in [-0.1, -0.05) is 27.2 Å². The summed E-state index contributed by atoms with van der Waals surface area (Å²) in [6, 6.07) is 0. The number of unbranched alkanes of at least 4 members (excludes halogenated alkanes) is 1. The molecule has 0 saturated heterocycles. The molecule has 1 heteroatoms. The van der Waals surface area contributed by atoms with Crippen molar-refractivity contribution in [3.8, 4) is 0 Å². The van der Waals surface area contributed by atoms with Gasteiger partial charge in [0.2, 0.25) is 0 Å². The van der Waals surface area contributed by atoms with Crippen LogP contribution in [0.25, 0.3) is 0 Å². The Morgan fingerprint density at radius 3 is 1.71 bits per heavy atom. The molecule has 0 radical (unpaired) electrons. The lowest BCUT2D eigenvalue weighted by molar-refractivity contribution is 0.170. The number of hydrogen-bond acceptors (Lipinski definition) is 1. The predicted octanol–water partition coefficient (Wildman–Crippen LogP) is 3.93. The summed E-state index contributed by atoms with van der Waals surface area (Å²) < 4.78 is 0. The average Bonchev–Trinajstić information content (AvgIpc) is 1.93. The monoisotopic (exact) mass is 199 g/mol. The predicted molar refractivity (Wildman–Crippen MR) is 65.7 cm³/mol. The average molecular weight is 199 g/mol. The number of rotatable bonds is 4. The zero-order chi connectivity index (χ0) is 11.4. The van der Waals surface area contributed by atoms with Crippen molar-refractivity contribution < 1.29 is 0 Å². The Balaban J connectivity index is 3.56. The van der Waals surface area contributed by atoms with Gasteiger partial charge >= 0.3 is 0 Å². The lowest BCUT2D eigenvalue weighted by Crippen LogP contribution is -2.38. The van der Waals surface area contributed by atoms with Crippen LogP contribution in [0.15, 0.2) is 0 Å². The van der Waals surface area contributed by atoms with E-state index in [0.717, 1.165) is 0 Å². The van der Waals surface area contributed by atoms with E-state index in [9.17, 15) is 0 Å². The molecule has 0 heterocycles. The fraction of sp³-hybridized carbons (Fsp3) is 1.00. The van der Waals surface area contributed by atoms with E-state index < -0.39 is 0 Å². The highest BCUT2D eigenvalue weighted by atomic mass is 15.1. The Bertz CT molecular complexity index is 148. The van der Waals surface area contributed by atoms with Gasteiger partial charge in [0.15, 0.2) is 0 Å². The molecule has 86 valence electrons. The molecule has 0 saturated carbocycles. The maximum atomic E-state index is 2.44. The van der Waals surface area contributed by atoms with E-state index in [-0.39, 0.29) is 0 Å². The summed E-state index contributed by atoms with van der Waals surface area (Å²) in [5, 5.41) is 0. The first kappa shape index (κ1) is 14.0. The van der Waals surface area contributed by atoms with Crippen molar-refractivity contribution in [3.05, 3.63) is 0 Å². The molecule has 0 fully saturated rings. The minimum atomic E-state index is 0.321. The third-order valence-electron chi connectivity index (χ3n) is 2.82. The van der Waals surface area contributed by atoms with Gasteiger partial charge < -0.3 is 4.90 Å². The third-order valence-corrected chi connectivity index (χ3v) is 2.82. The molecule has 0 aliphatic heterocycles. The van der Waals surface area contributed by atoms with E-state index in [0.29, 0.717) is 11.0 Å². The zero-order valence-corrected chi connectivity index (χ0v) is 11.3. The Morgan fingerprint density at radius 2 is 1.36 bits per heavy atom. The maximum Gasteiger partial charge on any atom is 0.0122 e. The van der Waals surface area contributed by atoms with Crippen molar-refractivity contribution >= 4 is 0 Å². The van der Waals surface area contributed by atoms with Crippen molar-refractivity contribution in [2.24, 2.45) is 5.41 Å². The van der Waals surface area contributed by atoms with Crippen molar-refractivity contribution in [3.63, 3.8) is 0 Å². The molecule has 0 aliphatic carbocycles. The van der Waals surface area contributed by atoms with Crippen LogP contribution in [0.5, 0.6) is 0 Å². The molecule has 1 nitrogen and oxygen atoms in total. The van der Waals surface area contributed by atoms with Gasteiger partial charge in [0.25, 0.3) is 0 Å². The van der Waals surface area contributed by atoms with Crippen LogP contribution < -0.4 is 0 Å². The third kappa shape index (κ3) is 7.37. The molecule has 0 aromatic rings. The topological polar surface area (TPSA) is 3.24 Å². The van der Waals surface area contributed by atoms with E-state index in [4.69, 9.17) is 0 Å². The minimum absolute atomic E-state index is 0.321. The van der Waals surface area contributed by atoms with E-state index in [2.05, 4.69) is 53.5 Å². The van der Waals surface area contributed by atoms with Crippen LogP contribution in [0.2, 0.25) is 0 Å². The fourth-order valence-electron chi connectivity index (χ4n) is 1.34. The van der Waals surface area contributed by atoms with Gasteiger partial charge in [-0.25, -0.2) is 0 Å². The number of nitrogens with zero attached hydrogens (tertiary/aromatic N) is 1. The second-order valence-electron chi connectivity index (χ2n) is 6.61. The van der Waals surface area contributed by atoms with Gasteiger partial charge in [0.1, 0.15) is 0 Å². The highest BCUT2D eigenvalue weighted by Gasteiger charge is 2.16. The summed E-state index contributed by atoms with van der Waals surface area (Å²) in [6.45, 7) is 15.0. The van der Waals surface area contributed by atoms with Crippen LogP contribution in [0.4, 0.5) is 0 Å². The smallest absolute Gasteiger partial charge is 0.0122 e. The standard InChI is InChI=1S/C13H29N/c1-12(2,3)10-8-9-11-14(7)13(4,5)6/h8-11H2,1-7H3. The summed E-state index contributed by atoms with van der Waals surface area (Å²) in [6.07, 6.45) is 4.01. The maximum absolute atomic E-state index is 2.44. The van der Waals surface area contributed by atoms with Crippen molar-refractivity contribution in [2.45, 2.75) is 66.3 Å². The van der Waals surface area contributed by atoms with Gasteiger partial charge in [0.05, 0.1) is 0 Å². The Labute approximate surface area is 90.9 Å². The largest absolute Gasteiger partial charge is 0.302 e. The minimum Gasteiger partial charge on any atom is -0.302 e. The molecule has 0 aromatic carbocycles. The van der Waals surface area contributed by atoms with E-state index in [1.54, 1.807) is 0 Å². The first-order valence-electron chi connectivity index (χ1n) is 5.84. The lowest BCUT2D eigenvalue weighted by atomic mass is 9.90. The van der Waals surface area contributed by atoms with E-state index in [1.165, 1.54) is 25.8 Å². The summed E-state index contributed by atoms with van der Waals surface area (Å²) >= 11 is 0. The number of hydrogen-bond donors (Lipinski definition) is 0. The summed E-state index contributed by atoms with van der Waals surface area (Å²) in [4.78, 5) is 2.44. The molecule has 0 unspecified atom stereocenters. The van der Waals surface area contributed by atoms with Crippen LogP contribution in [0, 0.1) is 5.41 Å². The van der Waals surface area contributed by atoms with E-state index in [1.807, 2.05) is 0 Å². The van der Waals surface area contributed by atoms with Crippen molar-refractivity contribution in [2.75, 3.05) is 13.6 Å². The van der Waals surface area contributed by atoms with Crippen molar-refractivity contribution in [1.29, 1.82) is 0 Å². The molecule has 0 atom stereocenters. The SMILES string of the molecule is CN(CCCCC(C)(C)C)C(C)(C)C. The van der Waals surface area contributed by atoms with Crippen LogP contribution >= 0.6 is 0 Å². The fourth-order valence-corrected chi connectivity index (χ4v) is 1.34. The van der Waals surface area contributed by atoms with Gasteiger partial charge in [-0.15, -0.1) is 0 Å². The molecule has 0 N–H and O–H groups in total. The summed E-state index contributed by atoms with van der Waals surface area (Å²) in [5.74, 6) is 0. The van der Waals surface area contributed by atoms with Crippen LogP contribution in [-0.4, -0.2) is 24.0 Å². The van der Waals surface area contributed by atoms with Crippen molar-refractivity contribution in [1.82, 2.24) is 4.90 Å². The Kier molecular flexibility index (Phi) is 5.14. The molecule has 14 heavy (non-hydrogen) atoms. The molecule has 0 aromatic heterocycles. The molecule has 0 bridgehead atoms. The second-order valence-corrected chi connectivity index (χ2v) is 6.61. The van der Waals surface area contributed by atoms with Gasteiger partial charge in [-0.2, -0.15) is 0 Å². The van der Waals surface area contributed by atoms with Gasteiger partial charge in [-0.05, 0) is 52.6 Å².